The van der Waals surface area contributed by atoms with Gasteiger partial charge in [0.25, 0.3) is 0 Å². The van der Waals surface area contributed by atoms with Gasteiger partial charge in [0.15, 0.2) is 0 Å². The van der Waals surface area contributed by atoms with Gasteiger partial charge in [-0.1, -0.05) is 52.2 Å². The summed E-state index contributed by atoms with van der Waals surface area (Å²) in [6, 6.07) is 2.59. The highest BCUT2D eigenvalue weighted by Crippen LogP contribution is 2.50. The molecule has 2 aliphatic carbocycles. The molecule has 0 N–H and O–H groups in total. The van der Waals surface area contributed by atoms with Gasteiger partial charge in [0.05, 0.1) is 11.3 Å². The third-order valence-electron chi connectivity index (χ3n) is 6.06. The molecule has 2 fully saturated rings. The van der Waals surface area contributed by atoms with Crippen molar-refractivity contribution < 1.29 is 0 Å². The van der Waals surface area contributed by atoms with Gasteiger partial charge in [-0.2, -0.15) is 5.26 Å². The van der Waals surface area contributed by atoms with E-state index in [4.69, 9.17) is 0 Å². The number of hydrogen-bond acceptors (Lipinski definition) is 2. The third-order valence-corrected chi connectivity index (χ3v) is 7.54. The van der Waals surface area contributed by atoms with Crippen LogP contribution in [0.15, 0.2) is 12.2 Å². The summed E-state index contributed by atoms with van der Waals surface area (Å²) in [6.45, 7) is 11.5. The average Bonchev–Trinajstić information content (AvgIpc) is 2.47. The van der Waals surface area contributed by atoms with Crippen molar-refractivity contribution in [2.45, 2.75) is 82.6 Å². The van der Waals surface area contributed by atoms with E-state index in [1.165, 1.54) is 44.1 Å². The molecule has 1 nitrogen and oxygen atoms in total. The minimum Gasteiger partial charge on any atom is -0.197 e. The Bertz CT molecular complexity index is 400. The Hall–Kier alpha value is -0.420. The van der Waals surface area contributed by atoms with Crippen LogP contribution in [0.25, 0.3) is 0 Å². The molecule has 2 aliphatic rings. The second-order valence-corrected chi connectivity index (χ2v) is 9.23. The summed E-state index contributed by atoms with van der Waals surface area (Å²) in [5, 5.41) is 10.5. The SMILES string of the molecule is C=C1CC[C@@H](C)C(C)(C)[C@H]1CC(C#N)SC1CCCCC1. The maximum absolute atomic E-state index is 9.61. The van der Waals surface area contributed by atoms with E-state index in [9.17, 15) is 5.26 Å². The molecule has 0 spiro atoms. The van der Waals surface area contributed by atoms with Crippen LogP contribution in [-0.2, 0) is 0 Å². The van der Waals surface area contributed by atoms with Crippen LogP contribution in [0, 0.1) is 28.6 Å². The van der Waals surface area contributed by atoms with Gasteiger partial charge < -0.3 is 0 Å². The fourth-order valence-electron chi connectivity index (χ4n) is 4.07. The van der Waals surface area contributed by atoms with Crippen molar-refractivity contribution in [2.75, 3.05) is 0 Å². The molecule has 0 aromatic heterocycles. The van der Waals surface area contributed by atoms with Crippen molar-refractivity contribution in [3.63, 3.8) is 0 Å². The summed E-state index contributed by atoms with van der Waals surface area (Å²) in [5.41, 5.74) is 1.68. The summed E-state index contributed by atoms with van der Waals surface area (Å²) in [4.78, 5) is 0. The molecular weight excluding hydrogens is 274 g/mol. The van der Waals surface area contributed by atoms with Crippen molar-refractivity contribution in [1.29, 1.82) is 5.26 Å². The zero-order chi connectivity index (χ0) is 15.5. The minimum absolute atomic E-state index is 0.152. The lowest BCUT2D eigenvalue weighted by Crippen LogP contribution is -2.37. The summed E-state index contributed by atoms with van der Waals surface area (Å²) in [6.07, 6.45) is 10.1. The van der Waals surface area contributed by atoms with Crippen LogP contribution in [0.5, 0.6) is 0 Å². The van der Waals surface area contributed by atoms with Crippen LogP contribution >= 0.6 is 11.8 Å². The molecule has 2 rings (SSSR count). The van der Waals surface area contributed by atoms with Crippen LogP contribution in [0.1, 0.15) is 72.1 Å². The zero-order valence-corrected chi connectivity index (χ0v) is 14.8. The lowest BCUT2D eigenvalue weighted by Gasteiger charge is -2.46. The van der Waals surface area contributed by atoms with Crippen LogP contribution in [0.2, 0.25) is 0 Å². The molecule has 1 unspecified atom stereocenters. The van der Waals surface area contributed by atoms with Gasteiger partial charge in [0.1, 0.15) is 0 Å². The van der Waals surface area contributed by atoms with Gasteiger partial charge in [-0.05, 0) is 49.4 Å². The first kappa shape index (κ1) is 16.9. The number of allylic oxidation sites excluding steroid dienone is 1. The Morgan fingerprint density at radius 2 is 1.95 bits per heavy atom. The quantitative estimate of drug-likeness (QED) is 0.598. The topological polar surface area (TPSA) is 23.8 Å². The molecule has 3 atom stereocenters. The van der Waals surface area contributed by atoms with Gasteiger partial charge in [0.2, 0.25) is 0 Å². The maximum Gasteiger partial charge on any atom is 0.0925 e. The van der Waals surface area contributed by atoms with Crippen molar-refractivity contribution in [3.05, 3.63) is 12.2 Å². The van der Waals surface area contributed by atoms with E-state index in [0.29, 0.717) is 5.92 Å². The van der Waals surface area contributed by atoms with E-state index in [1.807, 2.05) is 11.8 Å². The molecule has 0 aliphatic heterocycles. The van der Waals surface area contributed by atoms with Crippen molar-refractivity contribution in [1.82, 2.24) is 0 Å². The van der Waals surface area contributed by atoms with Gasteiger partial charge in [0, 0.05) is 5.25 Å². The Balaban J connectivity index is 1.99. The normalized spacial score (nSPS) is 31.6. The fraction of sp³-hybridized carbons (Fsp3) is 0.842. The number of rotatable bonds is 4. The summed E-state index contributed by atoms with van der Waals surface area (Å²) < 4.78 is 0. The molecule has 2 heteroatoms. The van der Waals surface area contributed by atoms with Gasteiger partial charge in [-0.15, -0.1) is 11.8 Å². The molecule has 0 aromatic carbocycles. The van der Waals surface area contributed by atoms with Gasteiger partial charge >= 0.3 is 0 Å². The van der Waals surface area contributed by atoms with Gasteiger partial charge in [-0.25, -0.2) is 0 Å². The summed E-state index contributed by atoms with van der Waals surface area (Å²) in [7, 11) is 0. The largest absolute Gasteiger partial charge is 0.197 e. The molecule has 21 heavy (non-hydrogen) atoms. The zero-order valence-electron chi connectivity index (χ0n) is 14.0. The number of nitriles is 1. The van der Waals surface area contributed by atoms with Crippen LogP contribution in [0.4, 0.5) is 0 Å². The standard InChI is InChI=1S/C19H31NS/c1-14-10-11-15(2)19(3,4)18(14)12-17(13-20)21-16-8-6-5-7-9-16/h15-18H,1,5-12H2,2-4H3/t15-,17?,18+/m1/s1. The number of nitrogens with zero attached hydrogens (tertiary/aromatic N) is 1. The second-order valence-electron chi connectivity index (χ2n) is 7.72. The van der Waals surface area contributed by atoms with Crippen LogP contribution in [-0.4, -0.2) is 10.5 Å². The Morgan fingerprint density at radius 3 is 2.57 bits per heavy atom. The number of hydrogen-bond donors (Lipinski definition) is 0. The Kier molecular flexibility index (Phi) is 5.83. The fourth-order valence-corrected chi connectivity index (χ4v) is 5.51. The highest BCUT2D eigenvalue weighted by atomic mass is 32.2. The number of thioether (sulfide) groups is 1. The molecule has 0 saturated heterocycles. The van der Waals surface area contributed by atoms with E-state index in [2.05, 4.69) is 33.4 Å². The molecule has 0 radical (unpaired) electrons. The lowest BCUT2D eigenvalue weighted by molar-refractivity contribution is 0.108. The Morgan fingerprint density at radius 1 is 1.29 bits per heavy atom. The van der Waals surface area contributed by atoms with Crippen molar-refractivity contribution in [3.8, 4) is 6.07 Å². The third kappa shape index (κ3) is 4.07. The predicted octanol–water partition coefficient (Wildman–Crippen LogP) is 5.96. The average molecular weight is 306 g/mol. The molecule has 2 saturated carbocycles. The highest BCUT2D eigenvalue weighted by Gasteiger charge is 2.41. The monoisotopic (exact) mass is 305 g/mol. The molecule has 0 aromatic rings. The Labute approximate surface area is 135 Å². The molecule has 0 bridgehead atoms. The predicted molar refractivity (Wildman–Crippen MR) is 93.3 cm³/mol. The van der Waals surface area contributed by atoms with Gasteiger partial charge in [-0.3, -0.25) is 0 Å². The summed E-state index contributed by atoms with van der Waals surface area (Å²) >= 11 is 1.96. The molecule has 0 heterocycles. The van der Waals surface area contributed by atoms with Crippen molar-refractivity contribution in [2.24, 2.45) is 17.3 Å². The smallest absolute Gasteiger partial charge is 0.0925 e. The second kappa shape index (κ2) is 7.23. The van der Waals surface area contributed by atoms with Crippen molar-refractivity contribution >= 4 is 11.8 Å². The maximum atomic E-state index is 9.61. The van der Waals surface area contributed by atoms with E-state index in [0.717, 1.165) is 24.0 Å². The van der Waals surface area contributed by atoms with Crippen LogP contribution < -0.4 is 0 Å². The first-order chi connectivity index (χ1) is 9.95. The van der Waals surface area contributed by atoms with E-state index >= 15 is 0 Å². The van der Waals surface area contributed by atoms with E-state index in [-0.39, 0.29) is 10.7 Å². The molecular formula is C19H31NS. The lowest BCUT2D eigenvalue weighted by atomic mass is 9.60. The molecule has 118 valence electrons. The first-order valence-electron chi connectivity index (χ1n) is 8.68. The highest BCUT2D eigenvalue weighted by molar-refractivity contribution is 8.00. The van der Waals surface area contributed by atoms with Crippen LogP contribution in [0.3, 0.4) is 0 Å². The van der Waals surface area contributed by atoms with E-state index in [1.54, 1.807) is 0 Å². The van der Waals surface area contributed by atoms with E-state index < -0.39 is 0 Å². The minimum atomic E-state index is 0.152. The summed E-state index contributed by atoms with van der Waals surface area (Å²) in [5.74, 6) is 1.24. The first-order valence-corrected chi connectivity index (χ1v) is 9.62. The molecule has 0 amide bonds.